The Bertz CT molecular complexity index is 880. The van der Waals surface area contributed by atoms with Gasteiger partial charge in [0.05, 0.1) is 10.6 Å². The molecule has 1 aliphatic rings. The summed E-state index contributed by atoms with van der Waals surface area (Å²) in [6.07, 6.45) is 4.03. The highest BCUT2D eigenvalue weighted by atomic mass is 32.1. The monoisotopic (exact) mass is 353 g/mol. The molecule has 0 spiro atoms. The Hall–Kier alpha value is -2.51. The second-order valence-corrected chi connectivity index (χ2v) is 7.19. The van der Waals surface area contributed by atoms with Gasteiger partial charge in [-0.15, -0.1) is 11.3 Å². The molecule has 1 aliphatic heterocycles. The molecule has 1 fully saturated rings. The van der Waals surface area contributed by atoms with Crippen LogP contribution in [0, 0.1) is 6.92 Å². The summed E-state index contributed by atoms with van der Waals surface area (Å²) < 4.78 is 1.65. The second-order valence-electron chi connectivity index (χ2n) is 6.08. The van der Waals surface area contributed by atoms with Crippen LogP contribution in [0.2, 0.25) is 0 Å². The van der Waals surface area contributed by atoms with E-state index < -0.39 is 0 Å². The Balaban J connectivity index is 1.55. The Morgan fingerprint density at radius 1 is 1.36 bits per heavy atom. The summed E-state index contributed by atoms with van der Waals surface area (Å²) in [5.74, 6) is 1.18. The van der Waals surface area contributed by atoms with E-state index in [1.807, 2.05) is 43.3 Å². The fourth-order valence-corrected chi connectivity index (χ4v) is 4.02. The number of hydrogen-bond acceptors (Lipinski definition) is 5. The van der Waals surface area contributed by atoms with Crippen molar-refractivity contribution in [1.82, 2.24) is 20.1 Å². The van der Waals surface area contributed by atoms with Crippen LogP contribution in [0.4, 0.5) is 5.82 Å². The van der Waals surface area contributed by atoms with Gasteiger partial charge in [0.15, 0.2) is 5.82 Å². The Labute approximate surface area is 149 Å². The van der Waals surface area contributed by atoms with Crippen molar-refractivity contribution in [3.05, 3.63) is 58.0 Å². The minimum absolute atomic E-state index is 0.119. The average Bonchev–Trinajstić information content (AvgIpc) is 3.36. The Kier molecular flexibility index (Phi) is 4.33. The summed E-state index contributed by atoms with van der Waals surface area (Å²) >= 11 is 1.55. The molecule has 0 aliphatic carbocycles. The number of nitrogens with one attached hydrogen (secondary N) is 2. The van der Waals surface area contributed by atoms with E-state index in [1.54, 1.807) is 22.2 Å². The van der Waals surface area contributed by atoms with Gasteiger partial charge in [-0.1, -0.05) is 6.07 Å². The molecule has 3 aromatic rings. The molecule has 2 N–H and O–H groups in total. The molecule has 0 radical (unpaired) electrons. The minimum Gasteiger partial charge on any atom is -0.309 e. The molecule has 1 atom stereocenters. The highest BCUT2D eigenvalue weighted by molar-refractivity contribution is 7.14. The standard InChI is InChI=1S/C18H19N5OS/c1-12-11-17(23(22-12)16-6-2-3-9-20-16)21-18(24)15-8-7-14(25-15)13-5-4-10-19-13/h2-3,6-9,11,13,19H,4-5,10H2,1H3,(H,21,24)/t13-/m0/s1. The van der Waals surface area contributed by atoms with Crippen molar-refractivity contribution in [2.75, 3.05) is 11.9 Å². The van der Waals surface area contributed by atoms with Gasteiger partial charge in [0.25, 0.3) is 5.91 Å². The number of carbonyl (C=O) groups excluding carboxylic acids is 1. The molecule has 4 heterocycles. The number of rotatable bonds is 4. The number of hydrogen-bond donors (Lipinski definition) is 2. The van der Waals surface area contributed by atoms with E-state index in [0.29, 0.717) is 22.6 Å². The lowest BCUT2D eigenvalue weighted by atomic mass is 10.2. The summed E-state index contributed by atoms with van der Waals surface area (Å²) in [5.41, 5.74) is 0.822. The first-order valence-electron chi connectivity index (χ1n) is 8.33. The number of amides is 1. The van der Waals surface area contributed by atoms with E-state index in [2.05, 4.69) is 20.7 Å². The molecule has 6 nitrogen and oxygen atoms in total. The molecule has 0 saturated carbocycles. The van der Waals surface area contributed by atoms with Crippen LogP contribution in [0.1, 0.15) is 39.1 Å². The van der Waals surface area contributed by atoms with Crippen molar-refractivity contribution in [2.24, 2.45) is 0 Å². The predicted molar refractivity (Wildman–Crippen MR) is 98.3 cm³/mol. The Morgan fingerprint density at radius 2 is 2.28 bits per heavy atom. The number of aryl methyl sites for hydroxylation is 1. The summed E-state index contributed by atoms with van der Waals surface area (Å²) in [5, 5.41) is 10.9. The van der Waals surface area contributed by atoms with Crippen molar-refractivity contribution >= 4 is 23.1 Å². The van der Waals surface area contributed by atoms with Crippen molar-refractivity contribution in [2.45, 2.75) is 25.8 Å². The minimum atomic E-state index is -0.119. The fourth-order valence-electron chi connectivity index (χ4n) is 3.01. The molecule has 25 heavy (non-hydrogen) atoms. The van der Waals surface area contributed by atoms with E-state index in [0.717, 1.165) is 18.7 Å². The molecule has 0 unspecified atom stereocenters. The third-order valence-corrected chi connectivity index (χ3v) is 5.39. The average molecular weight is 353 g/mol. The number of carbonyl (C=O) groups is 1. The molecule has 1 amide bonds. The van der Waals surface area contributed by atoms with Crippen molar-refractivity contribution < 1.29 is 4.79 Å². The highest BCUT2D eigenvalue weighted by Crippen LogP contribution is 2.29. The van der Waals surface area contributed by atoms with Gasteiger partial charge in [0.2, 0.25) is 0 Å². The summed E-state index contributed by atoms with van der Waals surface area (Å²) in [4.78, 5) is 18.9. The van der Waals surface area contributed by atoms with Crippen LogP contribution < -0.4 is 10.6 Å². The van der Waals surface area contributed by atoms with Crippen LogP contribution in [-0.4, -0.2) is 27.2 Å². The lowest BCUT2D eigenvalue weighted by Gasteiger charge is -2.08. The van der Waals surface area contributed by atoms with Crippen molar-refractivity contribution in [1.29, 1.82) is 0 Å². The van der Waals surface area contributed by atoms with E-state index in [4.69, 9.17) is 0 Å². The molecule has 7 heteroatoms. The molecule has 128 valence electrons. The summed E-state index contributed by atoms with van der Waals surface area (Å²) in [6.45, 7) is 2.94. The van der Waals surface area contributed by atoms with Gasteiger partial charge in [-0.2, -0.15) is 9.78 Å². The first kappa shape index (κ1) is 16.0. The third kappa shape index (κ3) is 3.33. The number of thiophene rings is 1. The zero-order valence-electron chi connectivity index (χ0n) is 13.9. The maximum Gasteiger partial charge on any atom is 0.266 e. The summed E-state index contributed by atoms with van der Waals surface area (Å²) in [7, 11) is 0. The topological polar surface area (TPSA) is 71.8 Å². The zero-order valence-corrected chi connectivity index (χ0v) is 14.7. The van der Waals surface area contributed by atoms with Gasteiger partial charge in [-0.05, 0) is 50.6 Å². The smallest absolute Gasteiger partial charge is 0.266 e. The van der Waals surface area contributed by atoms with E-state index in [-0.39, 0.29) is 5.91 Å². The molecule has 1 saturated heterocycles. The van der Waals surface area contributed by atoms with Gasteiger partial charge >= 0.3 is 0 Å². The molecule has 3 aromatic heterocycles. The van der Waals surface area contributed by atoms with Crippen LogP contribution in [-0.2, 0) is 0 Å². The molecule has 0 bridgehead atoms. The largest absolute Gasteiger partial charge is 0.309 e. The first-order chi connectivity index (χ1) is 12.2. The molecular weight excluding hydrogens is 334 g/mol. The molecule has 0 aromatic carbocycles. The van der Waals surface area contributed by atoms with Gasteiger partial charge in [0, 0.05) is 23.2 Å². The lowest BCUT2D eigenvalue weighted by molar-refractivity contribution is 0.103. The SMILES string of the molecule is Cc1cc(NC(=O)c2ccc([C@@H]3CCCN3)s2)n(-c2ccccn2)n1. The van der Waals surface area contributed by atoms with Crippen LogP contribution in [0.3, 0.4) is 0 Å². The number of anilines is 1. The van der Waals surface area contributed by atoms with E-state index in [9.17, 15) is 4.79 Å². The second kappa shape index (κ2) is 6.78. The third-order valence-electron chi connectivity index (χ3n) is 4.19. The maximum absolute atomic E-state index is 12.7. The maximum atomic E-state index is 12.7. The van der Waals surface area contributed by atoms with Crippen molar-refractivity contribution in [3.8, 4) is 5.82 Å². The van der Waals surface area contributed by atoms with Crippen LogP contribution in [0.15, 0.2) is 42.6 Å². The van der Waals surface area contributed by atoms with Crippen LogP contribution >= 0.6 is 11.3 Å². The quantitative estimate of drug-likeness (QED) is 0.755. The van der Waals surface area contributed by atoms with E-state index >= 15 is 0 Å². The number of aromatic nitrogens is 3. The zero-order chi connectivity index (χ0) is 17.2. The first-order valence-corrected chi connectivity index (χ1v) is 9.15. The number of nitrogens with zero attached hydrogens (tertiary/aromatic N) is 3. The fraction of sp³-hybridized carbons (Fsp3) is 0.278. The lowest BCUT2D eigenvalue weighted by Crippen LogP contribution is -2.14. The van der Waals surface area contributed by atoms with Crippen molar-refractivity contribution in [3.63, 3.8) is 0 Å². The normalized spacial score (nSPS) is 16.9. The Morgan fingerprint density at radius 3 is 3.04 bits per heavy atom. The number of pyridine rings is 1. The van der Waals surface area contributed by atoms with Crippen LogP contribution in [0.25, 0.3) is 5.82 Å². The van der Waals surface area contributed by atoms with Crippen LogP contribution in [0.5, 0.6) is 0 Å². The van der Waals surface area contributed by atoms with Gasteiger partial charge < -0.3 is 10.6 Å². The van der Waals surface area contributed by atoms with E-state index in [1.165, 1.54) is 11.3 Å². The molecule has 4 rings (SSSR count). The highest BCUT2D eigenvalue weighted by Gasteiger charge is 2.20. The van der Waals surface area contributed by atoms with Gasteiger partial charge in [-0.3, -0.25) is 4.79 Å². The van der Waals surface area contributed by atoms with Gasteiger partial charge in [0.1, 0.15) is 5.82 Å². The predicted octanol–water partition coefficient (Wildman–Crippen LogP) is 3.31. The summed E-state index contributed by atoms with van der Waals surface area (Å²) in [6, 6.07) is 11.8. The van der Waals surface area contributed by atoms with Gasteiger partial charge in [-0.25, -0.2) is 4.98 Å². The molecular formula is C18H19N5OS.